The van der Waals surface area contributed by atoms with Gasteiger partial charge in [-0.15, -0.1) is 11.3 Å². The highest BCUT2D eigenvalue weighted by atomic mass is 32.1. The number of carbonyl (C=O) groups is 2. The molecule has 2 N–H and O–H groups in total. The molecule has 2 aromatic carbocycles. The minimum Gasteiger partial charge on any atom is -0.326 e. The summed E-state index contributed by atoms with van der Waals surface area (Å²) in [4.78, 5) is 29.2. The molecular weight excluding hydrogens is 358 g/mol. The van der Waals surface area contributed by atoms with Gasteiger partial charge in [-0.3, -0.25) is 9.59 Å². The van der Waals surface area contributed by atoms with E-state index in [0.717, 1.165) is 37.9 Å². The zero-order valence-corrected chi connectivity index (χ0v) is 16.5. The van der Waals surface area contributed by atoms with Crippen molar-refractivity contribution in [3.8, 4) is 10.6 Å². The van der Waals surface area contributed by atoms with E-state index in [-0.39, 0.29) is 11.8 Å². The van der Waals surface area contributed by atoms with Crippen LogP contribution in [0, 0.1) is 20.8 Å². The van der Waals surface area contributed by atoms with Crippen LogP contribution in [0.25, 0.3) is 10.6 Å². The van der Waals surface area contributed by atoms with Gasteiger partial charge in [0.2, 0.25) is 5.91 Å². The maximum Gasteiger partial charge on any atom is 0.275 e. The highest BCUT2D eigenvalue weighted by molar-refractivity contribution is 7.15. The number of aromatic nitrogens is 1. The summed E-state index contributed by atoms with van der Waals surface area (Å²) in [5.74, 6) is -0.322. The number of rotatable bonds is 4. The fourth-order valence-electron chi connectivity index (χ4n) is 2.68. The SMILES string of the molecule is CC(=O)Nc1ccc(-c2nc(C(=O)Nc3cc(C)ccc3C)c(C)s2)cc1. The summed E-state index contributed by atoms with van der Waals surface area (Å²) in [6.07, 6.45) is 0. The summed E-state index contributed by atoms with van der Waals surface area (Å²) in [6, 6.07) is 13.4. The molecule has 0 aliphatic carbocycles. The normalized spacial score (nSPS) is 10.5. The lowest BCUT2D eigenvalue weighted by molar-refractivity contribution is -0.114. The number of thiazole rings is 1. The molecule has 5 nitrogen and oxygen atoms in total. The smallest absolute Gasteiger partial charge is 0.275 e. The van der Waals surface area contributed by atoms with Crippen LogP contribution in [0.5, 0.6) is 0 Å². The molecule has 1 heterocycles. The molecule has 0 atom stereocenters. The molecular formula is C21H21N3O2S. The van der Waals surface area contributed by atoms with Gasteiger partial charge in [-0.2, -0.15) is 0 Å². The second-order valence-electron chi connectivity index (χ2n) is 6.45. The molecule has 0 saturated carbocycles. The van der Waals surface area contributed by atoms with Crippen molar-refractivity contribution in [2.24, 2.45) is 0 Å². The monoisotopic (exact) mass is 379 g/mol. The van der Waals surface area contributed by atoms with Gasteiger partial charge in [0.25, 0.3) is 5.91 Å². The molecule has 2 amide bonds. The number of nitrogens with zero attached hydrogens (tertiary/aromatic N) is 1. The van der Waals surface area contributed by atoms with E-state index in [1.807, 2.05) is 63.2 Å². The van der Waals surface area contributed by atoms with Gasteiger partial charge in [0.15, 0.2) is 0 Å². The minimum absolute atomic E-state index is 0.113. The first kappa shape index (κ1) is 18.8. The first-order valence-corrected chi connectivity index (χ1v) is 9.39. The van der Waals surface area contributed by atoms with E-state index in [2.05, 4.69) is 15.6 Å². The van der Waals surface area contributed by atoms with Gasteiger partial charge in [-0.25, -0.2) is 4.98 Å². The topological polar surface area (TPSA) is 71.1 Å². The first-order valence-electron chi connectivity index (χ1n) is 8.57. The van der Waals surface area contributed by atoms with Crippen LogP contribution in [-0.2, 0) is 4.79 Å². The molecule has 0 radical (unpaired) electrons. The Morgan fingerprint density at radius 3 is 2.33 bits per heavy atom. The molecule has 0 spiro atoms. The Balaban J connectivity index is 1.82. The Morgan fingerprint density at radius 1 is 0.963 bits per heavy atom. The van der Waals surface area contributed by atoms with Crippen molar-refractivity contribution < 1.29 is 9.59 Å². The van der Waals surface area contributed by atoms with Crippen molar-refractivity contribution >= 4 is 34.5 Å². The standard InChI is InChI=1S/C21H21N3O2S/c1-12-5-6-13(2)18(11-12)23-20(26)19-14(3)27-21(24-19)16-7-9-17(10-8-16)22-15(4)25/h5-11H,1-4H3,(H,22,25)(H,23,26). The number of anilines is 2. The number of benzene rings is 2. The Labute approximate surface area is 162 Å². The van der Waals surface area contributed by atoms with Crippen LogP contribution in [0.1, 0.15) is 33.4 Å². The second kappa shape index (κ2) is 7.72. The molecule has 27 heavy (non-hydrogen) atoms. The molecule has 3 aromatic rings. The molecule has 0 aliphatic heterocycles. The number of aryl methyl sites for hydroxylation is 3. The molecule has 0 bridgehead atoms. The number of amides is 2. The summed E-state index contributed by atoms with van der Waals surface area (Å²) >= 11 is 1.47. The van der Waals surface area contributed by atoms with Gasteiger partial charge in [0, 0.05) is 28.7 Å². The first-order chi connectivity index (χ1) is 12.8. The summed E-state index contributed by atoms with van der Waals surface area (Å²) < 4.78 is 0. The van der Waals surface area contributed by atoms with Gasteiger partial charge in [-0.05, 0) is 62.2 Å². The van der Waals surface area contributed by atoms with Crippen molar-refractivity contribution in [2.75, 3.05) is 10.6 Å². The summed E-state index contributed by atoms with van der Waals surface area (Å²) in [5.41, 5.74) is 4.97. The van der Waals surface area contributed by atoms with Crippen molar-refractivity contribution in [3.63, 3.8) is 0 Å². The van der Waals surface area contributed by atoms with Gasteiger partial charge in [0.1, 0.15) is 10.7 Å². The van der Waals surface area contributed by atoms with Crippen molar-refractivity contribution in [3.05, 3.63) is 64.2 Å². The van der Waals surface area contributed by atoms with Crippen molar-refractivity contribution in [1.82, 2.24) is 4.98 Å². The van der Waals surface area contributed by atoms with Crippen molar-refractivity contribution in [1.29, 1.82) is 0 Å². The molecule has 0 unspecified atom stereocenters. The largest absolute Gasteiger partial charge is 0.326 e. The quantitative estimate of drug-likeness (QED) is 0.674. The Bertz CT molecular complexity index is 1010. The number of carbonyl (C=O) groups excluding carboxylic acids is 2. The molecule has 0 fully saturated rings. The third-order valence-electron chi connectivity index (χ3n) is 4.11. The lowest BCUT2D eigenvalue weighted by Gasteiger charge is -2.08. The Kier molecular flexibility index (Phi) is 5.37. The number of hydrogen-bond donors (Lipinski definition) is 2. The average molecular weight is 379 g/mol. The van der Waals surface area contributed by atoms with Crippen LogP contribution < -0.4 is 10.6 Å². The zero-order chi connectivity index (χ0) is 19.6. The van der Waals surface area contributed by atoms with E-state index in [1.54, 1.807) is 0 Å². The number of hydrogen-bond acceptors (Lipinski definition) is 4. The van der Waals surface area contributed by atoms with Crippen LogP contribution in [0.15, 0.2) is 42.5 Å². The lowest BCUT2D eigenvalue weighted by Crippen LogP contribution is -2.14. The minimum atomic E-state index is -0.210. The summed E-state index contributed by atoms with van der Waals surface area (Å²) in [5, 5.41) is 6.47. The van der Waals surface area contributed by atoms with E-state index in [0.29, 0.717) is 5.69 Å². The Hall–Kier alpha value is -2.99. The van der Waals surface area contributed by atoms with Gasteiger partial charge in [-0.1, -0.05) is 12.1 Å². The molecule has 1 aromatic heterocycles. The molecule has 0 aliphatic rings. The fourth-order valence-corrected chi connectivity index (χ4v) is 3.60. The summed E-state index contributed by atoms with van der Waals surface area (Å²) in [7, 11) is 0. The highest BCUT2D eigenvalue weighted by Gasteiger charge is 2.17. The second-order valence-corrected chi connectivity index (χ2v) is 7.66. The van der Waals surface area contributed by atoms with Gasteiger partial charge in [0.05, 0.1) is 0 Å². The third-order valence-corrected chi connectivity index (χ3v) is 5.13. The van der Waals surface area contributed by atoms with Gasteiger partial charge >= 0.3 is 0 Å². The van der Waals surface area contributed by atoms with E-state index in [1.165, 1.54) is 18.3 Å². The predicted molar refractivity (Wildman–Crippen MR) is 110 cm³/mol. The highest BCUT2D eigenvalue weighted by Crippen LogP contribution is 2.29. The van der Waals surface area contributed by atoms with E-state index in [9.17, 15) is 9.59 Å². The summed E-state index contributed by atoms with van der Waals surface area (Å²) in [6.45, 7) is 7.32. The lowest BCUT2D eigenvalue weighted by atomic mass is 10.1. The maximum absolute atomic E-state index is 12.7. The molecule has 6 heteroatoms. The van der Waals surface area contributed by atoms with Crippen LogP contribution in [0.3, 0.4) is 0 Å². The molecule has 0 saturated heterocycles. The van der Waals surface area contributed by atoms with Crippen LogP contribution >= 0.6 is 11.3 Å². The van der Waals surface area contributed by atoms with E-state index >= 15 is 0 Å². The molecule has 3 rings (SSSR count). The number of nitrogens with one attached hydrogen (secondary N) is 2. The van der Waals surface area contributed by atoms with Crippen molar-refractivity contribution in [2.45, 2.75) is 27.7 Å². The Morgan fingerprint density at radius 2 is 1.67 bits per heavy atom. The molecule has 138 valence electrons. The van der Waals surface area contributed by atoms with Crippen LogP contribution in [0.4, 0.5) is 11.4 Å². The maximum atomic E-state index is 12.7. The van der Waals surface area contributed by atoms with E-state index < -0.39 is 0 Å². The fraction of sp³-hybridized carbons (Fsp3) is 0.190. The predicted octanol–water partition coefficient (Wildman–Crippen LogP) is 4.95. The van der Waals surface area contributed by atoms with Gasteiger partial charge < -0.3 is 10.6 Å². The van der Waals surface area contributed by atoms with Crippen LogP contribution in [0.2, 0.25) is 0 Å². The van der Waals surface area contributed by atoms with E-state index in [4.69, 9.17) is 0 Å². The zero-order valence-electron chi connectivity index (χ0n) is 15.7. The van der Waals surface area contributed by atoms with Crippen LogP contribution in [-0.4, -0.2) is 16.8 Å². The average Bonchev–Trinajstić information content (AvgIpc) is 3.00. The third kappa shape index (κ3) is 4.41.